The van der Waals surface area contributed by atoms with Gasteiger partial charge in [0.1, 0.15) is 4.75 Å². The third-order valence-electron chi connectivity index (χ3n) is 5.79. The molecule has 1 unspecified atom stereocenters. The molecule has 7 heteroatoms. The number of halogens is 1. The number of benzene rings is 3. The van der Waals surface area contributed by atoms with Gasteiger partial charge in [-0.05, 0) is 42.0 Å². The number of anilines is 1. The average Bonchev–Trinajstić information content (AvgIpc) is 3.36. The summed E-state index contributed by atoms with van der Waals surface area (Å²) in [5, 5.41) is 7.25. The van der Waals surface area contributed by atoms with Crippen molar-refractivity contribution < 1.29 is 9.59 Å². The summed E-state index contributed by atoms with van der Waals surface area (Å²) in [6.45, 7) is 0. The monoisotopic (exact) mass is 461 g/mol. The average molecular weight is 462 g/mol. The van der Waals surface area contributed by atoms with E-state index in [1.807, 2.05) is 66.9 Å². The van der Waals surface area contributed by atoms with E-state index in [-0.39, 0.29) is 11.8 Å². The minimum absolute atomic E-state index is 0.0936. The molecule has 0 saturated carbocycles. The Balaban J connectivity index is 1.68. The molecule has 0 fully saturated rings. The van der Waals surface area contributed by atoms with Gasteiger partial charge in [0.2, 0.25) is 5.91 Å². The minimum Gasteiger partial charge on any atom is -0.361 e. The lowest BCUT2D eigenvalue weighted by Gasteiger charge is -2.27. The third-order valence-corrected chi connectivity index (χ3v) is 7.58. The Morgan fingerprint density at radius 1 is 1.06 bits per heavy atom. The summed E-state index contributed by atoms with van der Waals surface area (Å²) in [6, 6.07) is 20.9. The number of para-hydroxylation sites is 1. The molecule has 1 atom stereocenters. The summed E-state index contributed by atoms with van der Waals surface area (Å²) in [5.74, 6) is 0.350. The van der Waals surface area contributed by atoms with E-state index in [0.29, 0.717) is 16.3 Å². The first kappa shape index (κ1) is 20.7. The van der Waals surface area contributed by atoms with Crippen LogP contribution in [0.1, 0.15) is 27.0 Å². The molecule has 1 aliphatic rings. The van der Waals surface area contributed by atoms with Crippen LogP contribution in [-0.4, -0.2) is 23.8 Å². The number of hydrogen-bond acceptors (Lipinski definition) is 3. The molecule has 0 bridgehead atoms. The molecule has 5 nitrogen and oxygen atoms in total. The lowest BCUT2D eigenvalue weighted by Crippen LogP contribution is -2.32. The molecule has 2 heterocycles. The van der Waals surface area contributed by atoms with Gasteiger partial charge in [0, 0.05) is 57.3 Å². The van der Waals surface area contributed by atoms with Crippen LogP contribution in [0.5, 0.6) is 0 Å². The molecule has 0 saturated heterocycles. The zero-order valence-electron chi connectivity index (χ0n) is 17.2. The van der Waals surface area contributed by atoms with Gasteiger partial charge in [0.05, 0.1) is 0 Å². The summed E-state index contributed by atoms with van der Waals surface area (Å²) >= 11 is 7.61. The first-order chi connectivity index (χ1) is 15.5. The van der Waals surface area contributed by atoms with E-state index < -0.39 is 4.75 Å². The summed E-state index contributed by atoms with van der Waals surface area (Å²) < 4.78 is -0.963. The first-order valence-corrected chi connectivity index (χ1v) is 11.5. The smallest absolute Gasteiger partial charge is 0.251 e. The minimum atomic E-state index is -0.963. The molecule has 0 radical (unpaired) electrons. The highest BCUT2D eigenvalue weighted by atomic mass is 35.5. The fraction of sp³-hybridized carbons (Fsp3) is 0.120. The Morgan fingerprint density at radius 3 is 2.62 bits per heavy atom. The number of hydrogen-bond donors (Lipinski definition) is 3. The maximum atomic E-state index is 13.6. The van der Waals surface area contributed by atoms with Crippen molar-refractivity contribution in [3.05, 3.63) is 100 Å². The Hall–Kier alpha value is -3.22. The summed E-state index contributed by atoms with van der Waals surface area (Å²) in [7, 11) is 1.61. The van der Waals surface area contributed by atoms with Gasteiger partial charge < -0.3 is 15.6 Å². The number of carbonyl (C=O) groups is 2. The number of nitrogens with one attached hydrogen (secondary N) is 3. The van der Waals surface area contributed by atoms with Gasteiger partial charge in [-0.25, -0.2) is 0 Å². The third kappa shape index (κ3) is 3.27. The molecule has 3 aromatic carbocycles. The van der Waals surface area contributed by atoms with E-state index in [4.69, 9.17) is 11.6 Å². The van der Waals surface area contributed by atoms with Crippen LogP contribution in [-0.2, 0) is 15.3 Å². The summed E-state index contributed by atoms with van der Waals surface area (Å²) in [5.41, 5.74) is 5.04. The standard InChI is InChI=1S/C25H20ClN3O2S/c1-27-23(30)16-8-11-21-18(12-16)20(13-28-21)25(32-14-15-6-9-17(26)10-7-15)19-4-2-3-5-22(19)29-24(25)31/h2-13,28H,14H2,1H3,(H,27,30)(H,29,31). The van der Waals surface area contributed by atoms with Crippen LogP contribution >= 0.6 is 23.4 Å². The topological polar surface area (TPSA) is 74.0 Å². The fourth-order valence-corrected chi connectivity index (χ4v) is 5.73. The highest BCUT2D eigenvalue weighted by Gasteiger charge is 2.50. The zero-order valence-corrected chi connectivity index (χ0v) is 18.8. The van der Waals surface area contributed by atoms with Gasteiger partial charge in [-0.1, -0.05) is 41.9 Å². The number of fused-ring (bicyclic) bond motifs is 2. The number of carbonyl (C=O) groups excluding carboxylic acids is 2. The van der Waals surface area contributed by atoms with E-state index in [9.17, 15) is 9.59 Å². The SMILES string of the molecule is CNC(=O)c1ccc2[nH]cc(C3(SCc4ccc(Cl)cc4)C(=O)Nc4ccccc43)c2c1. The van der Waals surface area contributed by atoms with Gasteiger partial charge in [0.25, 0.3) is 5.91 Å². The van der Waals surface area contributed by atoms with Crippen molar-refractivity contribution in [2.24, 2.45) is 0 Å². The number of thioether (sulfide) groups is 1. The lowest BCUT2D eigenvalue weighted by molar-refractivity contribution is -0.117. The van der Waals surface area contributed by atoms with Crippen LogP contribution in [0.15, 0.2) is 72.9 Å². The second kappa shape index (κ2) is 8.04. The van der Waals surface area contributed by atoms with E-state index in [1.54, 1.807) is 24.9 Å². The van der Waals surface area contributed by atoms with Gasteiger partial charge in [-0.3, -0.25) is 9.59 Å². The van der Waals surface area contributed by atoms with Gasteiger partial charge in [-0.15, -0.1) is 11.8 Å². The van der Waals surface area contributed by atoms with E-state index in [0.717, 1.165) is 33.3 Å². The van der Waals surface area contributed by atoms with Crippen LogP contribution in [0.2, 0.25) is 5.02 Å². The number of rotatable bonds is 5. The highest BCUT2D eigenvalue weighted by molar-refractivity contribution is 8.00. The molecule has 160 valence electrons. The van der Waals surface area contributed by atoms with Crippen LogP contribution < -0.4 is 10.6 Å². The molecule has 4 aromatic rings. The normalized spacial score (nSPS) is 17.2. The van der Waals surface area contributed by atoms with Crippen molar-refractivity contribution in [1.29, 1.82) is 0 Å². The number of aromatic nitrogens is 1. The summed E-state index contributed by atoms with van der Waals surface area (Å²) in [4.78, 5) is 29.2. The molecule has 32 heavy (non-hydrogen) atoms. The van der Waals surface area contributed by atoms with Gasteiger partial charge in [-0.2, -0.15) is 0 Å². The second-order valence-electron chi connectivity index (χ2n) is 7.64. The predicted molar refractivity (Wildman–Crippen MR) is 130 cm³/mol. The first-order valence-electron chi connectivity index (χ1n) is 10.2. The Bertz CT molecular complexity index is 1350. The Morgan fingerprint density at radius 2 is 1.84 bits per heavy atom. The van der Waals surface area contributed by atoms with E-state index >= 15 is 0 Å². The van der Waals surface area contributed by atoms with Crippen molar-refractivity contribution in [2.45, 2.75) is 10.5 Å². The Labute approximate surface area is 194 Å². The van der Waals surface area contributed by atoms with Crippen molar-refractivity contribution in [3.8, 4) is 0 Å². The molecule has 0 spiro atoms. The number of H-pyrrole nitrogens is 1. The fourth-order valence-electron chi connectivity index (χ4n) is 4.19. The van der Waals surface area contributed by atoms with Crippen molar-refractivity contribution >= 4 is 51.8 Å². The maximum absolute atomic E-state index is 13.6. The van der Waals surface area contributed by atoms with E-state index in [1.165, 1.54) is 0 Å². The molecule has 2 amide bonds. The van der Waals surface area contributed by atoms with E-state index in [2.05, 4.69) is 15.6 Å². The molecule has 3 N–H and O–H groups in total. The molecular formula is C25H20ClN3O2S. The second-order valence-corrected chi connectivity index (χ2v) is 9.26. The van der Waals surface area contributed by atoms with Gasteiger partial charge >= 0.3 is 0 Å². The molecule has 5 rings (SSSR count). The quantitative estimate of drug-likeness (QED) is 0.377. The van der Waals surface area contributed by atoms with Crippen LogP contribution in [0.4, 0.5) is 5.69 Å². The van der Waals surface area contributed by atoms with Crippen LogP contribution in [0.3, 0.4) is 0 Å². The van der Waals surface area contributed by atoms with Crippen LogP contribution in [0, 0.1) is 0 Å². The number of aromatic amines is 1. The largest absolute Gasteiger partial charge is 0.361 e. The maximum Gasteiger partial charge on any atom is 0.251 e. The van der Waals surface area contributed by atoms with Gasteiger partial charge in [0.15, 0.2) is 0 Å². The van der Waals surface area contributed by atoms with Crippen LogP contribution in [0.25, 0.3) is 10.9 Å². The molecule has 1 aromatic heterocycles. The predicted octanol–water partition coefficient (Wildman–Crippen LogP) is 5.31. The van der Waals surface area contributed by atoms with Crippen molar-refractivity contribution in [2.75, 3.05) is 12.4 Å². The van der Waals surface area contributed by atoms with Crippen molar-refractivity contribution in [3.63, 3.8) is 0 Å². The number of amides is 2. The molecular weight excluding hydrogens is 442 g/mol. The Kier molecular flexibility index (Phi) is 5.19. The highest BCUT2D eigenvalue weighted by Crippen LogP contribution is 2.53. The molecule has 0 aliphatic carbocycles. The summed E-state index contributed by atoms with van der Waals surface area (Å²) in [6.07, 6.45) is 1.88. The van der Waals surface area contributed by atoms with Crippen molar-refractivity contribution in [1.82, 2.24) is 10.3 Å². The molecule has 1 aliphatic heterocycles. The lowest BCUT2D eigenvalue weighted by atomic mass is 9.90. The zero-order chi connectivity index (χ0) is 22.3.